The molecule has 0 unspecified atom stereocenters. The van der Waals surface area contributed by atoms with E-state index in [1.165, 1.54) is 17.6 Å². The SMILES string of the molecule is COc1c(C)cnc(CN(C)C(=O)c2ncoc2-c2ccco2)c1C. The van der Waals surface area contributed by atoms with Crippen LogP contribution >= 0.6 is 0 Å². The van der Waals surface area contributed by atoms with E-state index in [4.69, 9.17) is 13.6 Å². The molecule has 0 N–H and O–H groups in total. The number of amides is 1. The van der Waals surface area contributed by atoms with E-state index >= 15 is 0 Å². The first-order valence-electron chi connectivity index (χ1n) is 7.74. The van der Waals surface area contributed by atoms with Crippen molar-refractivity contribution in [3.8, 4) is 17.3 Å². The largest absolute Gasteiger partial charge is 0.496 e. The normalized spacial score (nSPS) is 10.7. The molecule has 0 fully saturated rings. The van der Waals surface area contributed by atoms with Crippen LogP contribution in [0.15, 0.2) is 39.8 Å². The Morgan fingerprint density at radius 1 is 1.28 bits per heavy atom. The van der Waals surface area contributed by atoms with Crippen molar-refractivity contribution in [2.24, 2.45) is 0 Å². The summed E-state index contributed by atoms with van der Waals surface area (Å²) >= 11 is 0. The van der Waals surface area contributed by atoms with Gasteiger partial charge in [-0.05, 0) is 26.0 Å². The fourth-order valence-corrected chi connectivity index (χ4v) is 2.69. The molecule has 25 heavy (non-hydrogen) atoms. The maximum atomic E-state index is 12.8. The minimum absolute atomic E-state index is 0.203. The van der Waals surface area contributed by atoms with Crippen LogP contribution in [0, 0.1) is 13.8 Å². The van der Waals surface area contributed by atoms with Crippen LogP contribution in [-0.4, -0.2) is 34.9 Å². The number of pyridine rings is 1. The van der Waals surface area contributed by atoms with Gasteiger partial charge in [0.2, 0.25) is 5.76 Å². The summed E-state index contributed by atoms with van der Waals surface area (Å²) in [4.78, 5) is 22.8. The van der Waals surface area contributed by atoms with Crippen LogP contribution < -0.4 is 4.74 Å². The summed E-state index contributed by atoms with van der Waals surface area (Å²) in [5.41, 5.74) is 2.83. The van der Waals surface area contributed by atoms with Crippen LogP contribution in [0.1, 0.15) is 27.3 Å². The standard InChI is InChI=1S/C18H19N3O4/c1-11-8-19-13(12(2)16(11)23-4)9-21(3)18(22)15-17(25-10-20-15)14-6-5-7-24-14/h5-8,10H,9H2,1-4H3. The predicted octanol–water partition coefficient (Wildman–Crippen LogP) is 3.23. The molecule has 0 radical (unpaired) electrons. The molecule has 0 saturated carbocycles. The molecule has 130 valence electrons. The Morgan fingerprint density at radius 3 is 2.76 bits per heavy atom. The van der Waals surface area contributed by atoms with E-state index in [-0.39, 0.29) is 11.6 Å². The second kappa shape index (κ2) is 6.80. The minimum Gasteiger partial charge on any atom is -0.496 e. The quantitative estimate of drug-likeness (QED) is 0.709. The molecule has 0 bridgehead atoms. The van der Waals surface area contributed by atoms with Crippen molar-refractivity contribution in [1.82, 2.24) is 14.9 Å². The Kier molecular flexibility index (Phi) is 4.56. The van der Waals surface area contributed by atoms with E-state index in [1.807, 2.05) is 13.8 Å². The van der Waals surface area contributed by atoms with E-state index in [1.54, 1.807) is 32.5 Å². The molecule has 0 aliphatic rings. The van der Waals surface area contributed by atoms with Crippen LogP contribution in [0.25, 0.3) is 11.5 Å². The van der Waals surface area contributed by atoms with Crippen molar-refractivity contribution in [1.29, 1.82) is 0 Å². The highest BCUT2D eigenvalue weighted by Gasteiger charge is 2.24. The Hall–Kier alpha value is -3.09. The number of aryl methyl sites for hydroxylation is 1. The van der Waals surface area contributed by atoms with Crippen LogP contribution in [0.5, 0.6) is 5.75 Å². The van der Waals surface area contributed by atoms with Gasteiger partial charge in [0.15, 0.2) is 17.8 Å². The number of rotatable bonds is 5. The molecule has 0 spiro atoms. The van der Waals surface area contributed by atoms with Gasteiger partial charge in [-0.1, -0.05) is 0 Å². The molecule has 7 nitrogen and oxygen atoms in total. The van der Waals surface area contributed by atoms with Gasteiger partial charge in [-0.3, -0.25) is 9.78 Å². The lowest BCUT2D eigenvalue weighted by Gasteiger charge is -2.18. The zero-order chi connectivity index (χ0) is 18.0. The number of aromatic nitrogens is 2. The number of furan rings is 1. The molecule has 0 atom stereocenters. The zero-order valence-electron chi connectivity index (χ0n) is 14.6. The Morgan fingerprint density at radius 2 is 2.08 bits per heavy atom. The van der Waals surface area contributed by atoms with Crippen molar-refractivity contribution in [3.05, 3.63) is 53.5 Å². The van der Waals surface area contributed by atoms with Gasteiger partial charge in [-0.25, -0.2) is 4.98 Å². The van der Waals surface area contributed by atoms with Crippen molar-refractivity contribution >= 4 is 5.91 Å². The number of carbonyl (C=O) groups excluding carboxylic acids is 1. The maximum absolute atomic E-state index is 12.8. The lowest BCUT2D eigenvalue weighted by molar-refractivity contribution is 0.0778. The summed E-state index contributed by atoms with van der Waals surface area (Å²) < 4.78 is 16.0. The van der Waals surface area contributed by atoms with Gasteiger partial charge >= 0.3 is 0 Å². The molecule has 3 heterocycles. The second-order valence-corrected chi connectivity index (χ2v) is 5.71. The second-order valence-electron chi connectivity index (χ2n) is 5.71. The molecule has 3 rings (SSSR count). The number of hydrogen-bond acceptors (Lipinski definition) is 6. The van der Waals surface area contributed by atoms with Gasteiger partial charge in [0.25, 0.3) is 5.91 Å². The average molecular weight is 341 g/mol. The third-order valence-corrected chi connectivity index (χ3v) is 4.00. The molecule has 3 aromatic rings. The van der Waals surface area contributed by atoms with Crippen LogP contribution in [0.3, 0.4) is 0 Å². The average Bonchev–Trinajstić information content (AvgIpc) is 3.27. The molecule has 0 saturated heterocycles. The molecule has 0 aliphatic heterocycles. The van der Waals surface area contributed by atoms with Crippen LogP contribution in [0.2, 0.25) is 0 Å². The van der Waals surface area contributed by atoms with Crippen molar-refractivity contribution < 1.29 is 18.4 Å². The lowest BCUT2D eigenvalue weighted by Crippen LogP contribution is -2.27. The molecule has 0 aliphatic carbocycles. The van der Waals surface area contributed by atoms with E-state index in [0.29, 0.717) is 18.1 Å². The molecular formula is C18H19N3O4. The summed E-state index contributed by atoms with van der Waals surface area (Å²) in [6, 6.07) is 3.44. The molecule has 3 aromatic heterocycles. The van der Waals surface area contributed by atoms with E-state index < -0.39 is 0 Å². The fraction of sp³-hybridized carbons (Fsp3) is 0.278. The minimum atomic E-state index is -0.277. The molecular weight excluding hydrogens is 322 g/mol. The van der Waals surface area contributed by atoms with E-state index in [0.717, 1.165) is 22.6 Å². The van der Waals surface area contributed by atoms with E-state index in [2.05, 4.69) is 9.97 Å². The number of hydrogen-bond donors (Lipinski definition) is 0. The smallest absolute Gasteiger partial charge is 0.276 e. The Labute approximate surface area is 145 Å². The Bertz CT molecular complexity index is 884. The third kappa shape index (κ3) is 3.13. The molecule has 1 amide bonds. The summed E-state index contributed by atoms with van der Waals surface area (Å²) in [7, 11) is 3.31. The topological polar surface area (TPSA) is 81.6 Å². The van der Waals surface area contributed by atoms with Crippen LogP contribution in [-0.2, 0) is 6.54 Å². The summed E-state index contributed by atoms with van der Waals surface area (Å²) in [5.74, 6) is 1.28. The zero-order valence-corrected chi connectivity index (χ0v) is 14.6. The first-order chi connectivity index (χ1) is 12.0. The third-order valence-electron chi connectivity index (χ3n) is 4.00. The van der Waals surface area contributed by atoms with E-state index in [9.17, 15) is 4.79 Å². The van der Waals surface area contributed by atoms with Gasteiger partial charge in [0, 0.05) is 24.4 Å². The number of ether oxygens (including phenoxy) is 1. The predicted molar refractivity (Wildman–Crippen MR) is 90.3 cm³/mol. The lowest BCUT2D eigenvalue weighted by atomic mass is 10.1. The molecule has 0 aromatic carbocycles. The number of oxazole rings is 1. The first kappa shape index (κ1) is 16.8. The summed E-state index contributed by atoms with van der Waals surface area (Å²) in [5, 5.41) is 0. The van der Waals surface area contributed by atoms with Crippen LogP contribution in [0.4, 0.5) is 0 Å². The van der Waals surface area contributed by atoms with Crippen molar-refractivity contribution in [3.63, 3.8) is 0 Å². The number of carbonyl (C=O) groups is 1. The highest BCUT2D eigenvalue weighted by atomic mass is 16.5. The monoisotopic (exact) mass is 341 g/mol. The fourth-order valence-electron chi connectivity index (χ4n) is 2.69. The van der Waals surface area contributed by atoms with Crippen molar-refractivity contribution in [2.75, 3.05) is 14.2 Å². The van der Waals surface area contributed by atoms with Gasteiger partial charge in [-0.15, -0.1) is 0 Å². The Balaban J connectivity index is 1.84. The summed E-state index contributed by atoms with van der Waals surface area (Å²) in [6.45, 7) is 4.19. The van der Waals surface area contributed by atoms with Gasteiger partial charge in [-0.2, -0.15) is 0 Å². The maximum Gasteiger partial charge on any atom is 0.276 e. The number of methoxy groups -OCH3 is 1. The first-order valence-corrected chi connectivity index (χ1v) is 7.74. The number of nitrogens with zero attached hydrogens (tertiary/aromatic N) is 3. The van der Waals surface area contributed by atoms with Crippen molar-refractivity contribution in [2.45, 2.75) is 20.4 Å². The highest BCUT2D eigenvalue weighted by Crippen LogP contribution is 2.27. The summed E-state index contributed by atoms with van der Waals surface area (Å²) in [6.07, 6.45) is 4.49. The highest BCUT2D eigenvalue weighted by molar-refractivity contribution is 5.96. The van der Waals surface area contributed by atoms with Gasteiger partial charge < -0.3 is 18.5 Å². The van der Waals surface area contributed by atoms with Gasteiger partial charge in [0.1, 0.15) is 5.75 Å². The molecule has 7 heteroatoms. The van der Waals surface area contributed by atoms with Gasteiger partial charge in [0.05, 0.1) is 25.6 Å².